The van der Waals surface area contributed by atoms with E-state index < -0.39 is 19.0 Å². The second kappa shape index (κ2) is 7.69. The Labute approximate surface area is 142 Å². The lowest BCUT2D eigenvalue weighted by atomic mass is 9.89. The summed E-state index contributed by atoms with van der Waals surface area (Å²) in [6.07, 6.45) is 8.18. The van der Waals surface area contributed by atoms with Gasteiger partial charge in [0.25, 0.3) is 6.43 Å². The molecule has 1 aliphatic rings. The quantitative estimate of drug-likeness (QED) is 0.840. The van der Waals surface area contributed by atoms with Crippen molar-refractivity contribution in [2.24, 2.45) is 0 Å². The number of alkyl halides is 2. The average molecular weight is 355 g/mol. The van der Waals surface area contributed by atoms with Gasteiger partial charge >= 0.3 is 6.03 Å². The van der Waals surface area contributed by atoms with Crippen LogP contribution in [-0.2, 0) is 6.54 Å². The highest BCUT2D eigenvalue weighted by Gasteiger charge is 2.18. The number of thiazole rings is 1. The van der Waals surface area contributed by atoms with Gasteiger partial charge in [-0.3, -0.25) is 10.00 Å². The zero-order chi connectivity index (χ0) is 16.9. The standard InChI is InChI=1S/C15H19F2N5OS/c16-13(17)9-22-8-11(6-19-22)20-14(23)21-15-18-7-12(24-15)10-4-2-1-3-5-10/h6-8,10,13H,1-5,9H2,(H2,18,20,21,23). The van der Waals surface area contributed by atoms with Crippen molar-refractivity contribution in [1.29, 1.82) is 0 Å². The first kappa shape index (κ1) is 16.8. The Balaban J connectivity index is 1.53. The van der Waals surface area contributed by atoms with Crippen LogP contribution < -0.4 is 10.6 Å². The van der Waals surface area contributed by atoms with E-state index in [1.807, 2.05) is 6.20 Å². The Morgan fingerprint density at radius 2 is 2.08 bits per heavy atom. The number of hydrogen-bond donors (Lipinski definition) is 2. The number of carbonyl (C=O) groups is 1. The number of anilines is 2. The number of urea groups is 1. The van der Waals surface area contributed by atoms with Gasteiger partial charge in [-0.1, -0.05) is 19.3 Å². The molecule has 0 unspecified atom stereocenters. The molecule has 0 atom stereocenters. The molecule has 0 aliphatic heterocycles. The van der Waals surface area contributed by atoms with Gasteiger partial charge in [-0.25, -0.2) is 18.6 Å². The highest BCUT2D eigenvalue weighted by molar-refractivity contribution is 7.15. The minimum atomic E-state index is -2.49. The minimum absolute atomic E-state index is 0.359. The van der Waals surface area contributed by atoms with Crippen molar-refractivity contribution in [1.82, 2.24) is 14.8 Å². The molecule has 2 N–H and O–H groups in total. The second-order valence-corrected chi connectivity index (χ2v) is 6.89. The summed E-state index contributed by atoms with van der Waals surface area (Å²) >= 11 is 1.49. The van der Waals surface area contributed by atoms with Crippen molar-refractivity contribution in [2.75, 3.05) is 10.6 Å². The number of rotatable bonds is 5. The molecule has 0 bridgehead atoms. The van der Waals surface area contributed by atoms with Crippen molar-refractivity contribution in [3.8, 4) is 0 Å². The van der Waals surface area contributed by atoms with Crippen molar-refractivity contribution >= 4 is 28.2 Å². The Kier molecular flexibility index (Phi) is 5.39. The summed E-state index contributed by atoms with van der Waals surface area (Å²) < 4.78 is 25.6. The van der Waals surface area contributed by atoms with E-state index in [1.165, 1.54) is 60.7 Å². The average Bonchev–Trinajstić information content (AvgIpc) is 3.17. The topological polar surface area (TPSA) is 71.8 Å². The van der Waals surface area contributed by atoms with Crippen LogP contribution in [0.5, 0.6) is 0 Å². The van der Waals surface area contributed by atoms with Gasteiger partial charge in [-0.15, -0.1) is 11.3 Å². The van der Waals surface area contributed by atoms with Crippen LogP contribution in [0.4, 0.5) is 24.4 Å². The molecule has 2 heterocycles. The lowest BCUT2D eigenvalue weighted by Crippen LogP contribution is -2.19. The summed E-state index contributed by atoms with van der Waals surface area (Å²) in [6.45, 7) is -0.499. The second-order valence-electron chi connectivity index (χ2n) is 5.82. The van der Waals surface area contributed by atoms with Gasteiger partial charge in [0.15, 0.2) is 5.13 Å². The molecule has 2 aromatic heterocycles. The Hall–Kier alpha value is -2.03. The fourth-order valence-corrected chi connectivity index (χ4v) is 3.83. The highest BCUT2D eigenvalue weighted by atomic mass is 32.1. The van der Waals surface area contributed by atoms with E-state index in [9.17, 15) is 13.6 Å². The molecule has 0 aromatic carbocycles. The molecule has 2 aromatic rings. The van der Waals surface area contributed by atoms with E-state index in [2.05, 4.69) is 20.7 Å². The molecule has 3 rings (SSSR count). The van der Waals surface area contributed by atoms with Gasteiger partial charge in [0.2, 0.25) is 0 Å². The SMILES string of the molecule is O=C(Nc1cnn(CC(F)F)c1)Nc1ncc(C2CCCCC2)s1. The van der Waals surface area contributed by atoms with E-state index in [4.69, 9.17) is 0 Å². The summed E-state index contributed by atoms with van der Waals surface area (Å²) in [5.74, 6) is 0.544. The van der Waals surface area contributed by atoms with Crippen molar-refractivity contribution in [3.05, 3.63) is 23.5 Å². The maximum atomic E-state index is 12.3. The molecule has 24 heavy (non-hydrogen) atoms. The number of nitrogens with zero attached hydrogens (tertiary/aromatic N) is 3. The first-order valence-corrected chi connectivity index (χ1v) is 8.76. The first-order chi connectivity index (χ1) is 11.6. The van der Waals surface area contributed by atoms with Gasteiger partial charge in [-0.05, 0) is 18.8 Å². The summed E-state index contributed by atoms with van der Waals surface area (Å²) in [5.41, 5.74) is 0.359. The van der Waals surface area contributed by atoms with Crippen LogP contribution >= 0.6 is 11.3 Å². The summed E-state index contributed by atoms with van der Waals surface area (Å²) in [5, 5.41) is 9.53. The van der Waals surface area contributed by atoms with Gasteiger partial charge in [-0.2, -0.15) is 5.10 Å². The minimum Gasteiger partial charge on any atom is -0.305 e. The molecule has 9 heteroatoms. The van der Waals surface area contributed by atoms with Crippen LogP contribution in [0, 0.1) is 0 Å². The van der Waals surface area contributed by atoms with Crippen LogP contribution in [0.2, 0.25) is 0 Å². The van der Waals surface area contributed by atoms with Crippen LogP contribution in [0.3, 0.4) is 0 Å². The van der Waals surface area contributed by atoms with E-state index in [-0.39, 0.29) is 0 Å². The number of hydrogen-bond acceptors (Lipinski definition) is 4. The molecule has 1 saturated carbocycles. The number of halogens is 2. The molecule has 130 valence electrons. The normalized spacial score (nSPS) is 15.6. The Morgan fingerprint density at radius 3 is 2.83 bits per heavy atom. The lowest BCUT2D eigenvalue weighted by molar-refractivity contribution is 0.122. The van der Waals surface area contributed by atoms with E-state index in [0.717, 1.165) is 4.68 Å². The summed E-state index contributed by atoms with van der Waals surface area (Å²) in [7, 11) is 0. The van der Waals surface area contributed by atoms with E-state index in [1.54, 1.807) is 0 Å². The third-order valence-electron chi connectivity index (χ3n) is 3.97. The third-order valence-corrected chi connectivity index (χ3v) is 5.04. The zero-order valence-electron chi connectivity index (χ0n) is 13.0. The van der Waals surface area contributed by atoms with Gasteiger partial charge < -0.3 is 5.32 Å². The van der Waals surface area contributed by atoms with Crippen LogP contribution in [0.25, 0.3) is 0 Å². The number of aromatic nitrogens is 3. The predicted molar refractivity (Wildman–Crippen MR) is 88.8 cm³/mol. The molecule has 0 saturated heterocycles. The highest BCUT2D eigenvalue weighted by Crippen LogP contribution is 2.36. The fraction of sp³-hybridized carbons (Fsp3) is 0.533. The number of nitrogens with one attached hydrogen (secondary N) is 2. The maximum absolute atomic E-state index is 12.3. The van der Waals surface area contributed by atoms with Crippen molar-refractivity contribution in [3.63, 3.8) is 0 Å². The van der Waals surface area contributed by atoms with Gasteiger partial charge in [0.05, 0.1) is 11.9 Å². The first-order valence-electron chi connectivity index (χ1n) is 7.94. The van der Waals surface area contributed by atoms with Gasteiger partial charge in [0, 0.05) is 17.3 Å². The Morgan fingerprint density at radius 1 is 1.29 bits per heavy atom. The fourth-order valence-electron chi connectivity index (χ4n) is 2.85. The molecule has 1 fully saturated rings. The van der Waals surface area contributed by atoms with Crippen LogP contribution in [0.1, 0.15) is 42.9 Å². The molecule has 6 nitrogen and oxygen atoms in total. The molecule has 2 amide bonds. The predicted octanol–water partition coefficient (Wildman–Crippen LogP) is 4.30. The number of carbonyl (C=O) groups excluding carboxylic acids is 1. The van der Waals surface area contributed by atoms with E-state index in [0.29, 0.717) is 16.7 Å². The summed E-state index contributed by atoms with van der Waals surface area (Å²) in [6, 6.07) is -0.462. The van der Waals surface area contributed by atoms with Gasteiger partial charge in [0.1, 0.15) is 6.54 Å². The third kappa shape index (κ3) is 4.50. The molecule has 1 aliphatic carbocycles. The Bertz CT molecular complexity index is 681. The smallest absolute Gasteiger partial charge is 0.305 e. The van der Waals surface area contributed by atoms with E-state index >= 15 is 0 Å². The molecular weight excluding hydrogens is 336 g/mol. The molecule has 0 radical (unpaired) electrons. The largest absolute Gasteiger partial charge is 0.325 e. The molecule has 0 spiro atoms. The maximum Gasteiger partial charge on any atom is 0.325 e. The van der Waals surface area contributed by atoms with Crippen molar-refractivity contribution in [2.45, 2.75) is 51.0 Å². The summed E-state index contributed by atoms with van der Waals surface area (Å²) in [4.78, 5) is 17.4. The molecular formula is C15H19F2N5OS. The van der Waals surface area contributed by atoms with Crippen LogP contribution in [0.15, 0.2) is 18.6 Å². The zero-order valence-corrected chi connectivity index (χ0v) is 13.9. The van der Waals surface area contributed by atoms with Crippen LogP contribution in [-0.4, -0.2) is 27.2 Å². The number of amides is 2. The lowest BCUT2D eigenvalue weighted by Gasteiger charge is -2.19. The monoisotopic (exact) mass is 355 g/mol. The van der Waals surface area contributed by atoms with Crippen molar-refractivity contribution < 1.29 is 13.6 Å².